The minimum Gasteiger partial charge on any atom is -0.321 e. The summed E-state index contributed by atoms with van der Waals surface area (Å²) in [5, 5.41) is 7.27. The van der Waals surface area contributed by atoms with Crippen molar-refractivity contribution in [2.75, 3.05) is 5.32 Å². The molecule has 0 saturated carbocycles. The van der Waals surface area contributed by atoms with Crippen molar-refractivity contribution in [2.45, 2.75) is 13.8 Å². The maximum atomic E-state index is 12.6. The van der Waals surface area contributed by atoms with Gasteiger partial charge >= 0.3 is 0 Å². The summed E-state index contributed by atoms with van der Waals surface area (Å²) >= 11 is 6.85. The quantitative estimate of drug-likeness (QED) is 0.593. The Hall–Kier alpha value is -1.92. The first-order valence-corrected chi connectivity index (χ1v) is 8.92. The predicted octanol–water partition coefficient (Wildman–Crippen LogP) is 5.27. The number of anilines is 1. The van der Waals surface area contributed by atoms with E-state index in [1.165, 1.54) is 0 Å². The average Bonchev–Trinajstić information content (AvgIpc) is 2.92. The average molecular weight is 449 g/mol. The summed E-state index contributed by atoms with van der Waals surface area (Å²) < 4.78 is 3.53. The van der Waals surface area contributed by atoms with E-state index in [2.05, 4.69) is 42.3 Å². The summed E-state index contributed by atoms with van der Waals surface area (Å²) in [6, 6.07) is 13.6. The Labute approximate surface area is 157 Å². The van der Waals surface area contributed by atoms with E-state index in [1.807, 2.05) is 56.3 Å². The monoisotopic (exact) mass is 447 g/mol. The number of carbonyl (C=O) groups is 1. The van der Waals surface area contributed by atoms with E-state index in [9.17, 15) is 4.79 Å². The normalized spacial score (nSPS) is 10.7. The Bertz CT molecular complexity index is 918. The fourth-order valence-electron chi connectivity index (χ4n) is 2.43. The highest BCUT2D eigenvalue weighted by atomic mass is 79.9. The first-order chi connectivity index (χ1) is 11.5. The molecule has 0 bridgehead atoms. The third-order valence-electron chi connectivity index (χ3n) is 3.68. The number of nitrogens with zero attached hydrogens (tertiary/aromatic N) is 2. The fraction of sp³-hybridized carbons (Fsp3) is 0.111. The number of nitrogens with one attached hydrogen (secondary N) is 1. The second-order valence-electron chi connectivity index (χ2n) is 5.47. The highest BCUT2D eigenvalue weighted by Crippen LogP contribution is 2.27. The van der Waals surface area contributed by atoms with E-state index in [-0.39, 0.29) is 5.91 Å². The van der Waals surface area contributed by atoms with Gasteiger partial charge in [0.05, 0.1) is 28.8 Å². The van der Waals surface area contributed by atoms with Gasteiger partial charge < -0.3 is 5.32 Å². The Morgan fingerprint density at radius 3 is 2.62 bits per heavy atom. The smallest absolute Gasteiger partial charge is 0.259 e. The Morgan fingerprint density at radius 2 is 1.92 bits per heavy atom. The number of amides is 1. The van der Waals surface area contributed by atoms with Crippen molar-refractivity contribution in [2.24, 2.45) is 0 Å². The van der Waals surface area contributed by atoms with E-state index in [4.69, 9.17) is 0 Å². The highest BCUT2D eigenvalue weighted by Gasteiger charge is 2.16. The van der Waals surface area contributed by atoms with Crippen molar-refractivity contribution in [1.82, 2.24) is 9.78 Å². The first-order valence-electron chi connectivity index (χ1n) is 7.34. The van der Waals surface area contributed by atoms with Crippen LogP contribution in [-0.4, -0.2) is 15.7 Å². The molecule has 1 N–H and O–H groups in total. The van der Waals surface area contributed by atoms with Crippen LogP contribution in [0, 0.1) is 13.8 Å². The van der Waals surface area contributed by atoms with Gasteiger partial charge in [-0.05, 0) is 65.7 Å². The molecule has 0 radical (unpaired) electrons. The van der Waals surface area contributed by atoms with Crippen LogP contribution >= 0.6 is 31.9 Å². The lowest BCUT2D eigenvalue weighted by molar-refractivity contribution is 0.102. The molecule has 3 rings (SSSR count). The third-order valence-corrected chi connectivity index (χ3v) is 4.83. The van der Waals surface area contributed by atoms with Crippen LogP contribution in [0.3, 0.4) is 0 Å². The number of hydrogen-bond acceptors (Lipinski definition) is 2. The van der Waals surface area contributed by atoms with Gasteiger partial charge in [-0.15, -0.1) is 0 Å². The Morgan fingerprint density at radius 1 is 1.12 bits per heavy atom. The summed E-state index contributed by atoms with van der Waals surface area (Å²) in [7, 11) is 0. The lowest BCUT2D eigenvalue weighted by Crippen LogP contribution is -2.13. The van der Waals surface area contributed by atoms with Gasteiger partial charge in [0, 0.05) is 8.95 Å². The molecule has 0 atom stereocenters. The zero-order valence-corrected chi connectivity index (χ0v) is 16.3. The first kappa shape index (κ1) is 16.9. The van der Waals surface area contributed by atoms with Gasteiger partial charge in [0.1, 0.15) is 0 Å². The van der Waals surface area contributed by atoms with Crippen LogP contribution in [0.1, 0.15) is 21.6 Å². The fourth-order valence-corrected chi connectivity index (χ4v) is 3.58. The van der Waals surface area contributed by atoms with E-state index in [1.54, 1.807) is 10.9 Å². The molecule has 0 saturated heterocycles. The van der Waals surface area contributed by atoms with Gasteiger partial charge in [-0.3, -0.25) is 4.79 Å². The molecule has 2 aromatic carbocycles. The minimum absolute atomic E-state index is 0.186. The van der Waals surface area contributed by atoms with Crippen LogP contribution in [0.4, 0.5) is 5.69 Å². The zero-order valence-electron chi connectivity index (χ0n) is 13.2. The maximum Gasteiger partial charge on any atom is 0.259 e. The number of rotatable bonds is 3. The summed E-state index contributed by atoms with van der Waals surface area (Å²) in [4.78, 5) is 12.6. The number of aromatic nitrogens is 2. The molecule has 0 aliphatic carbocycles. The lowest BCUT2D eigenvalue weighted by atomic mass is 10.2. The van der Waals surface area contributed by atoms with Gasteiger partial charge in [-0.2, -0.15) is 5.10 Å². The Balaban J connectivity index is 1.89. The predicted molar refractivity (Wildman–Crippen MR) is 103 cm³/mol. The van der Waals surface area contributed by atoms with Crippen LogP contribution in [-0.2, 0) is 0 Å². The molecule has 1 heterocycles. The molecule has 0 spiro atoms. The second-order valence-corrected chi connectivity index (χ2v) is 7.24. The second kappa shape index (κ2) is 6.91. The molecule has 0 unspecified atom stereocenters. The molecule has 0 fully saturated rings. The van der Waals surface area contributed by atoms with Crippen LogP contribution in [0.5, 0.6) is 0 Å². The maximum absolute atomic E-state index is 12.6. The lowest BCUT2D eigenvalue weighted by Gasteiger charge is -2.09. The molecular formula is C18H15Br2N3O. The molecule has 3 aromatic rings. The summed E-state index contributed by atoms with van der Waals surface area (Å²) in [6.45, 7) is 3.92. The number of aryl methyl sites for hydroxylation is 1. The standard InChI is InChI=1S/C18H15Br2N3O/c1-11-4-3-5-14(8-11)23-12(2)15(10-21-23)18(24)22-17-7-6-13(19)9-16(17)20/h3-10H,1-2H3,(H,22,24). The van der Waals surface area contributed by atoms with Crippen LogP contribution in [0.25, 0.3) is 5.69 Å². The van der Waals surface area contributed by atoms with Gasteiger partial charge in [0.25, 0.3) is 5.91 Å². The number of benzene rings is 2. The zero-order chi connectivity index (χ0) is 17.3. The molecule has 6 heteroatoms. The SMILES string of the molecule is Cc1cccc(-n2ncc(C(=O)Nc3ccc(Br)cc3Br)c2C)c1. The number of hydrogen-bond donors (Lipinski definition) is 1. The van der Waals surface area contributed by atoms with Crippen LogP contribution in [0.2, 0.25) is 0 Å². The van der Waals surface area contributed by atoms with Gasteiger partial charge in [-0.25, -0.2) is 4.68 Å². The summed E-state index contributed by atoms with van der Waals surface area (Å²) in [5.41, 5.74) is 4.15. The molecule has 122 valence electrons. The van der Waals surface area contributed by atoms with Crippen molar-refractivity contribution in [3.63, 3.8) is 0 Å². The molecular weight excluding hydrogens is 434 g/mol. The Kier molecular flexibility index (Phi) is 4.87. The summed E-state index contributed by atoms with van der Waals surface area (Å²) in [6.07, 6.45) is 1.60. The van der Waals surface area contributed by atoms with Crippen LogP contribution in [0.15, 0.2) is 57.6 Å². The van der Waals surface area contributed by atoms with Crippen molar-refractivity contribution < 1.29 is 4.79 Å². The van der Waals surface area contributed by atoms with E-state index in [0.717, 1.165) is 25.9 Å². The highest BCUT2D eigenvalue weighted by molar-refractivity contribution is 9.11. The van der Waals surface area contributed by atoms with Crippen molar-refractivity contribution in [3.05, 3.63) is 74.4 Å². The molecule has 0 aliphatic rings. The molecule has 1 amide bonds. The largest absolute Gasteiger partial charge is 0.321 e. The van der Waals surface area contributed by atoms with E-state index in [0.29, 0.717) is 11.3 Å². The van der Waals surface area contributed by atoms with Gasteiger partial charge in [0.15, 0.2) is 0 Å². The van der Waals surface area contributed by atoms with Crippen LogP contribution < -0.4 is 5.32 Å². The molecule has 1 aromatic heterocycles. The van der Waals surface area contributed by atoms with Gasteiger partial charge in [0.2, 0.25) is 0 Å². The van der Waals surface area contributed by atoms with Crippen molar-refractivity contribution >= 4 is 43.5 Å². The topological polar surface area (TPSA) is 46.9 Å². The minimum atomic E-state index is -0.186. The van der Waals surface area contributed by atoms with Crippen molar-refractivity contribution in [3.8, 4) is 5.69 Å². The molecule has 0 aliphatic heterocycles. The summed E-state index contributed by atoms with van der Waals surface area (Å²) in [5.74, 6) is -0.186. The van der Waals surface area contributed by atoms with Gasteiger partial charge in [-0.1, -0.05) is 28.1 Å². The van der Waals surface area contributed by atoms with Crippen molar-refractivity contribution in [1.29, 1.82) is 0 Å². The number of carbonyl (C=O) groups excluding carboxylic acids is 1. The van der Waals surface area contributed by atoms with E-state index < -0.39 is 0 Å². The third kappa shape index (κ3) is 3.44. The molecule has 4 nitrogen and oxygen atoms in total. The molecule has 24 heavy (non-hydrogen) atoms. The van der Waals surface area contributed by atoms with E-state index >= 15 is 0 Å². The number of halogens is 2.